The molecule has 19 heavy (non-hydrogen) atoms. The molecule has 2 aromatic heterocycles. The number of aromatic nitrogens is 2. The van der Waals surface area contributed by atoms with Crippen molar-refractivity contribution in [2.75, 3.05) is 18.9 Å². The minimum Gasteiger partial charge on any atom is -0.372 e. The summed E-state index contributed by atoms with van der Waals surface area (Å²) < 4.78 is 0. The number of nitrogens with zero attached hydrogens (tertiary/aromatic N) is 2. The average molecular weight is 276 g/mol. The molecule has 0 fully saturated rings. The molecule has 0 atom stereocenters. The predicted octanol–water partition coefficient (Wildman–Crippen LogP) is 1.86. The third-order valence-corrected chi connectivity index (χ3v) is 3.61. The molecule has 0 bridgehead atoms. The lowest BCUT2D eigenvalue weighted by atomic mass is 10.2. The summed E-state index contributed by atoms with van der Waals surface area (Å²) in [5, 5.41) is 8.84. The smallest absolute Gasteiger partial charge is 0.255 e. The molecule has 2 rings (SSSR count). The fraction of sp³-hybridized carbons (Fsp3) is 0.308. The lowest BCUT2D eigenvalue weighted by Crippen LogP contribution is -2.26. The van der Waals surface area contributed by atoms with Crippen LogP contribution in [-0.2, 0) is 6.42 Å². The van der Waals surface area contributed by atoms with Crippen LogP contribution in [0.4, 0.5) is 5.82 Å². The molecule has 0 aliphatic heterocycles. The Morgan fingerprint density at radius 3 is 3.00 bits per heavy atom. The van der Waals surface area contributed by atoms with E-state index in [4.69, 9.17) is 0 Å². The number of amides is 1. The Labute approximate surface area is 116 Å². The van der Waals surface area contributed by atoms with Gasteiger partial charge in [-0.05, 0) is 19.1 Å². The molecule has 0 aliphatic carbocycles. The van der Waals surface area contributed by atoms with E-state index in [1.165, 1.54) is 0 Å². The van der Waals surface area contributed by atoms with E-state index < -0.39 is 0 Å². The van der Waals surface area contributed by atoms with Crippen LogP contribution < -0.4 is 10.6 Å². The summed E-state index contributed by atoms with van der Waals surface area (Å²) >= 11 is 1.62. The maximum atomic E-state index is 12.0. The molecule has 5 nitrogen and oxygen atoms in total. The molecule has 0 spiro atoms. The second kappa shape index (κ2) is 6.29. The van der Waals surface area contributed by atoms with Crippen molar-refractivity contribution in [1.29, 1.82) is 0 Å². The zero-order valence-electron chi connectivity index (χ0n) is 10.9. The molecular formula is C13H16N4OS. The SMILES string of the molecule is CNc1ncccc1C(=O)NCCc1nc(C)cs1. The highest BCUT2D eigenvalue weighted by atomic mass is 32.1. The summed E-state index contributed by atoms with van der Waals surface area (Å²) in [5.41, 5.74) is 1.58. The topological polar surface area (TPSA) is 66.9 Å². The fourth-order valence-electron chi connectivity index (χ4n) is 1.68. The van der Waals surface area contributed by atoms with Crippen LogP contribution in [-0.4, -0.2) is 29.5 Å². The van der Waals surface area contributed by atoms with Gasteiger partial charge in [0, 0.05) is 37.3 Å². The Balaban J connectivity index is 1.90. The standard InChI is InChI=1S/C13H16N4OS/c1-9-8-19-11(17-9)5-7-16-13(18)10-4-3-6-15-12(10)14-2/h3-4,6,8H,5,7H2,1-2H3,(H,14,15)(H,16,18). The number of carbonyl (C=O) groups is 1. The van der Waals surface area contributed by atoms with Crippen LogP contribution in [0.25, 0.3) is 0 Å². The van der Waals surface area contributed by atoms with Crippen LogP contribution >= 0.6 is 11.3 Å². The molecule has 2 heterocycles. The molecule has 0 radical (unpaired) electrons. The number of hydrogen-bond donors (Lipinski definition) is 2. The van der Waals surface area contributed by atoms with E-state index in [1.54, 1.807) is 36.7 Å². The van der Waals surface area contributed by atoms with Crippen LogP contribution in [0.3, 0.4) is 0 Å². The number of pyridine rings is 1. The zero-order valence-corrected chi connectivity index (χ0v) is 11.8. The van der Waals surface area contributed by atoms with E-state index in [0.29, 0.717) is 17.9 Å². The molecule has 2 aromatic rings. The second-order valence-corrected chi connectivity index (χ2v) is 4.98. The van der Waals surface area contributed by atoms with Crippen molar-refractivity contribution in [2.24, 2.45) is 0 Å². The largest absolute Gasteiger partial charge is 0.372 e. The van der Waals surface area contributed by atoms with Gasteiger partial charge in [0.15, 0.2) is 0 Å². The number of aryl methyl sites for hydroxylation is 1. The zero-order chi connectivity index (χ0) is 13.7. The number of rotatable bonds is 5. The van der Waals surface area contributed by atoms with Crippen molar-refractivity contribution < 1.29 is 4.79 Å². The van der Waals surface area contributed by atoms with Gasteiger partial charge in [0.2, 0.25) is 0 Å². The molecule has 0 aliphatic rings. The van der Waals surface area contributed by atoms with Gasteiger partial charge in [0.1, 0.15) is 5.82 Å². The number of hydrogen-bond acceptors (Lipinski definition) is 5. The highest BCUT2D eigenvalue weighted by Gasteiger charge is 2.10. The summed E-state index contributed by atoms with van der Waals surface area (Å²) in [6.45, 7) is 2.54. The van der Waals surface area contributed by atoms with Gasteiger partial charge >= 0.3 is 0 Å². The fourth-order valence-corrected chi connectivity index (χ4v) is 2.46. The summed E-state index contributed by atoms with van der Waals surface area (Å²) in [6, 6.07) is 3.50. The summed E-state index contributed by atoms with van der Waals surface area (Å²) in [5.74, 6) is 0.468. The van der Waals surface area contributed by atoms with Crippen molar-refractivity contribution in [3.8, 4) is 0 Å². The van der Waals surface area contributed by atoms with Crippen LogP contribution in [0.2, 0.25) is 0 Å². The molecular weight excluding hydrogens is 260 g/mol. The van der Waals surface area contributed by atoms with Gasteiger partial charge in [-0.25, -0.2) is 9.97 Å². The molecule has 0 unspecified atom stereocenters. The van der Waals surface area contributed by atoms with Crippen LogP contribution in [0.5, 0.6) is 0 Å². The summed E-state index contributed by atoms with van der Waals surface area (Å²) in [7, 11) is 1.75. The van der Waals surface area contributed by atoms with Crippen LogP contribution in [0.15, 0.2) is 23.7 Å². The number of carbonyl (C=O) groups excluding carboxylic acids is 1. The van der Waals surface area contributed by atoms with Crippen LogP contribution in [0.1, 0.15) is 21.1 Å². The van der Waals surface area contributed by atoms with Crippen molar-refractivity contribution in [3.05, 3.63) is 40.0 Å². The van der Waals surface area contributed by atoms with Gasteiger partial charge in [0.05, 0.1) is 10.6 Å². The molecule has 100 valence electrons. The maximum Gasteiger partial charge on any atom is 0.255 e. The van der Waals surface area contributed by atoms with Crippen molar-refractivity contribution in [3.63, 3.8) is 0 Å². The minimum atomic E-state index is -0.120. The van der Waals surface area contributed by atoms with Gasteiger partial charge < -0.3 is 10.6 Å². The van der Waals surface area contributed by atoms with E-state index in [1.807, 2.05) is 12.3 Å². The lowest BCUT2D eigenvalue weighted by Gasteiger charge is -2.07. The van der Waals surface area contributed by atoms with Gasteiger partial charge in [0.25, 0.3) is 5.91 Å². The van der Waals surface area contributed by atoms with Gasteiger partial charge in [-0.15, -0.1) is 11.3 Å². The van der Waals surface area contributed by atoms with Crippen molar-refractivity contribution in [2.45, 2.75) is 13.3 Å². The normalized spacial score (nSPS) is 10.2. The average Bonchev–Trinajstić information content (AvgIpc) is 2.84. The highest BCUT2D eigenvalue weighted by Crippen LogP contribution is 2.11. The molecule has 6 heteroatoms. The molecule has 0 saturated carbocycles. The number of thiazole rings is 1. The van der Waals surface area contributed by atoms with Crippen molar-refractivity contribution in [1.82, 2.24) is 15.3 Å². The first-order valence-corrected chi connectivity index (χ1v) is 6.90. The third-order valence-electron chi connectivity index (χ3n) is 2.58. The third kappa shape index (κ3) is 3.51. The Kier molecular flexibility index (Phi) is 4.46. The van der Waals surface area contributed by atoms with Gasteiger partial charge in [-0.1, -0.05) is 0 Å². The van der Waals surface area contributed by atoms with Crippen LogP contribution in [0, 0.1) is 6.92 Å². The number of nitrogens with one attached hydrogen (secondary N) is 2. The first-order chi connectivity index (χ1) is 9.20. The molecule has 0 saturated heterocycles. The molecule has 2 N–H and O–H groups in total. The van der Waals surface area contributed by atoms with E-state index in [2.05, 4.69) is 20.6 Å². The van der Waals surface area contributed by atoms with E-state index in [-0.39, 0.29) is 5.91 Å². The Morgan fingerprint density at radius 2 is 2.32 bits per heavy atom. The van der Waals surface area contributed by atoms with E-state index in [9.17, 15) is 4.79 Å². The predicted molar refractivity (Wildman–Crippen MR) is 76.7 cm³/mol. The van der Waals surface area contributed by atoms with E-state index >= 15 is 0 Å². The molecule has 1 amide bonds. The quantitative estimate of drug-likeness (QED) is 0.874. The Bertz CT molecular complexity index is 567. The van der Waals surface area contributed by atoms with Gasteiger partial charge in [-0.3, -0.25) is 4.79 Å². The Hall–Kier alpha value is -1.95. The first kappa shape index (κ1) is 13.5. The summed E-state index contributed by atoms with van der Waals surface area (Å²) in [4.78, 5) is 20.5. The monoisotopic (exact) mass is 276 g/mol. The molecule has 0 aromatic carbocycles. The second-order valence-electron chi connectivity index (χ2n) is 4.04. The number of anilines is 1. The lowest BCUT2D eigenvalue weighted by molar-refractivity contribution is 0.0954. The Morgan fingerprint density at radius 1 is 1.47 bits per heavy atom. The first-order valence-electron chi connectivity index (χ1n) is 6.02. The highest BCUT2D eigenvalue weighted by molar-refractivity contribution is 7.09. The summed E-state index contributed by atoms with van der Waals surface area (Å²) in [6.07, 6.45) is 2.40. The minimum absolute atomic E-state index is 0.120. The maximum absolute atomic E-state index is 12.0. The van der Waals surface area contributed by atoms with E-state index in [0.717, 1.165) is 17.1 Å². The van der Waals surface area contributed by atoms with Gasteiger partial charge in [-0.2, -0.15) is 0 Å². The van der Waals surface area contributed by atoms with Crippen molar-refractivity contribution >= 4 is 23.1 Å².